The lowest BCUT2D eigenvalue weighted by Gasteiger charge is -2.24. The smallest absolute Gasteiger partial charge is 0.326 e. The Labute approximate surface area is 240 Å². The number of hydrogen-bond acceptors (Lipinski definition) is 11. The number of halogens is 1. The van der Waals surface area contributed by atoms with E-state index < -0.39 is 25.1 Å². The third-order valence-corrected chi connectivity index (χ3v) is 8.65. The Morgan fingerprint density at radius 3 is 2.73 bits per heavy atom. The summed E-state index contributed by atoms with van der Waals surface area (Å²) in [5.41, 5.74) is 8.56. The molecule has 2 fully saturated rings. The summed E-state index contributed by atoms with van der Waals surface area (Å²) in [4.78, 5) is 23.6. The lowest BCUT2D eigenvalue weighted by molar-refractivity contribution is -0.143. The van der Waals surface area contributed by atoms with Crippen molar-refractivity contribution in [2.45, 2.75) is 44.1 Å². The maximum Gasteiger partial charge on any atom is 0.326 e. The van der Waals surface area contributed by atoms with Crippen molar-refractivity contribution >= 4 is 59.9 Å². The van der Waals surface area contributed by atoms with Crippen LogP contribution >= 0.6 is 20.1 Å². The summed E-state index contributed by atoms with van der Waals surface area (Å²) in [6.07, 6.45) is 4.78. The average Bonchev–Trinajstić information content (AvgIpc) is 3.44. The predicted octanol–water partition coefficient (Wildman–Crippen LogP) is 3.42. The highest BCUT2D eigenvalue weighted by Crippen LogP contribution is 2.47. The van der Waals surface area contributed by atoms with Crippen molar-refractivity contribution < 1.29 is 27.5 Å². The van der Waals surface area contributed by atoms with Crippen LogP contribution in [-0.2, 0) is 29.8 Å². The van der Waals surface area contributed by atoms with Crippen LogP contribution in [-0.4, -0.2) is 56.3 Å². The number of methoxy groups -OCH3 is 1. The predicted molar refractivity (Wildman–Crippen MR) is 153 cm³/mol. The molecule has 1 aliphatic carbocycles. The van der Waals surface area contributed by atoms with Gasteiger partial charge in [-0.3, -0.25) is 10.2 Å². The standard InChI is InChI=1S/C24H31ClN7O6PS/c1-14-12-17(37-21(14)32-11-8-18-19(29-31-40(3)34)27-23(26)28-20(18)32)13-36-39(30-24(9-10-24)22(33)35-2)38-16-6-4-15(25)5-7-16/h4-8,11,14,17,21,30-31H,9-10,12-13H2,1-3H3,(H3,26,27,28,29)/t14?,17?,21-,39?,40?/m1/s1. The van der Waals surface area contributed by atoms with E-state index >= 15 is 0 Å². The van der Waals surface area contributed by atoms with Crippen LogP contribution in [0.25, 0.3) is 11.0 Å². The van der Waals surface area contributed by atoms with E-state index in [4.69, 9.17) is 35.9 Å². The summed E-state index contributed by atoms with van der Waals surface area (Å²) in [6.45, 7) is 2.32. The molecule has 3 aromatic rings. The fourth-order valence-electron chi connectivity index (χ4n) is 4.52. The molecule has 1 aliphatic heterocycles. The zero-order valence-corrected chi connectivity index (χ0v) is 24.6. The molecule has 16 heteroatoms. The lowest BCUT2D eigenvalue weighted by Crippen LogP contribution is -2.38. The second kappa shape index (κ2) is 12.1. The molecule has 13 nitrogen and oxygen atoms in total. The Balaban J connectivity index is 1.28. The van der Waals surface area contributed by atoms with Crippen molar-refractivity contribution in [1.82, 2.24) is 24.5 Å². The van der Waals surface area contributed by atoms with E-state index in [0.717, 1.165) is 6.42 Å². The molecule has 1 saturated heterocycles. The van der Waals surface area contributed by atoms with Crippen molar-refractivity contribution in [1.29, 1.82) is 0 Å². The minimum absolute atomic E-state index is 0.0693. The first-order chi connectivity index (χ1) is 19.2. The number of ether oxygens (including phenoxy) is 2. The van der Waals surface area contributed by atoms with Crippen molar-refractivity contribution in [3.63, 3.8) is 0 Å². The van der Waals surface area contributed by atoms with Gasteiger partial charge in [-0.1, -0.05) is 18.5 Å². The number of nitrogens with zero attached hydrogens (tertiary/aromatic N) is 3. The number of carbonyl (C=O) groups excluding carboxylic acids is 1. The van der Waals surface area contributed by atoms with Gasteiger partial charge in [0.25, 0.3) is 0 Å². The number of fused-ring (bicyclic) bond motifs is 1. The number of carbonyl (C=O) groups is 1. The van der Waals surface area contributed by atoms with E-state index in [-0.39, 0.29) is 36.8 Å². The van der Waals surface area contributed by atoms with E-state index in [0.29, 0.717) is 40.5 Å². The fourth-order valence-corrected chi connectivity index (χ4v) is 6.32. The van der Waals surface area contributed by atoms with Crippen LogP contribution in [0.5, 0.6) is 5.75 Å². The van der Waals surface area contributed by atoms with Crippen LogP contribution < -0.4 is 25.6 Å². The van der Waals surface area contributed by atoms with Crippen LogP contribution in [0.4, 0.5) is 11.8 Å². The quantitative estimate of drug-likeness (QED) is 0.135. The Morgan fingerprint density at radius 1 is 1.30 bits per heavy atom. The van der Waals surface area contributed by atoms with Gasteiger partial charge in [-0.2, -0.15) is 14.8 Å². The highest BCUT2D eigenvalue weighted by Gasteiger charge is 2.53. The van der Waals surface area contributed by atoms with Crippen molar-refractivity contribution in [2.75, 3.05) is 31.1 Å². The van der Waals surface area contributed by atoms with Crippen molar-refractivity contribution in [2.24, 2.45) is 5.92 Å². The van der Waals surface area contributed by atoms with Crippen LogP contribution in [0.1, 0.15) is 32.4 Å². The van der Waals surface area contributed by atoms with Crippen LogP contribution in [0.3, 0.4) is 0 Å². The van der Waals surface area contributed by atoms with E-state index in [2.05, 4.69) is 32.2 Å². The topological polar surface area (TPSA) is 164 Å². The maximum absolute atomic E-state index is 12.4. The number of hydrazine groups is 1. The van der Waals surface area contributed by atoms with Crippen molar-refractivity contribution in [3.05, 3.63) is 41.6 Å². The van der Waals surface area contributed by atoms with Gasteiger partial charge in [0.1, 0.15) is 34.1 Å². The number of aromatic nitrogens is 3. The lowest BCUT2D eigenvalue weighted by atomic mass is 10.1. The summed E-state index contributed by atoms with van der Waals surface area (Å²) in [6, 6.07) is 8.78. The van der Waals surface area contributed by atoms with Gasteiger partial charge >= 0.3 is 14.5 Å². The molecule has 0 radical (unpaired) electrons. The first kappa shape index (κ1) is 28.9. The molecule has 5 rings (SSSR count). The number of anilines is 2. The van der Waals surface area contributed by atoms with Crippen molar-refractivity contribution in [3.8, 4) is 5.75 Å². The molecular formula is C24H31ClN7O6PS. The van der Waals surface area contributed by atoms with E-state index in [1.807, 2.05) is 16.8 Å². The first-order valence-electron chi connectivity index (χ1n) is 12.5. The summed E-state index contributed by atoms with van der Waals surface area (Å²) in [5, 5.41) is 4.52. The minimum Gasteiger partial charge on any atom is -0.468 e. The van der Waals surface area contributed by atoms with Crippen LogP contribution in [0.15, 0.2) is 36.5 Å². The highest BCUT2D eigenvalue weighted by molar-refractivity contribution is 7.82. The van der Waals surface area contributed by atoms with Gasteiger partial charge in [0, 0.05) is 23.4 Å². The third kappa shape index (κ3) is 6.49. The van der Waals surface area contributed by atoms with Gasteiger partial charge in [-0.05, 0) is 49.6 Å². The number of esters is 1. The molecule has 2 aromatic heterocycles. The minimum atomic E-state index is -1.70. The van der Waals surface area contributed by atoms with E-state index in [9.17, 15) is 9.00 Å². The molecular weight excluding hydrogens is 581 g/mol. The maximum atomic E-state index is 12.4. The number of nitrogens with one attached hydrogen (secondary N) is 3. The molecule has 5 atom stereocenters. The highest BCUT2D eigenvalue weighted by atomic mass is 35.5. The molecule has 216 valence electrons. The van der Waals surface area contributed by atoms with Gasteiger partial charge < -0.3 is 28.8 Å². The number of rotatable bonds is 12. The molecule has 1 aromatic carbocycles. The molecule has 0 bridgehead atoms. The number of nitrogens with two attached hydrogens (primary N) is 1. The average molecular weight is 612 g/mol. The van der Waals surface area contributed by atoms with Gasteiger partial charge in [-0.15, -0.1) is 0 Å². The number of nitrogen functional groups attached to an aromatic ring is 1. The monoisotopic (exact) mass is 611 g/mol. The summed E-state index contributed by atoms with van der Waals surface area (Å²) < 4.78 is 37.0. The van der Waals surface area contributed by atoms with Crippen LogP contribution in [0.2, 0.25) is 5.02 Å². The molecule has 3 heterocycles. The van der Waals surface area contributed by atoms with Gasteiger partial charge in [0.2, 0.25) is 5.95 Å². The molecule has 0 spiro atoms. The Morgan fingerprint density at radius 2 is 2.05 bits per heavy atom. The van der Waals surface area contributed by atoms with Gasteiger partial charge in [-0.25, -0.2) is 9.30 Å². The second-order valence-electron chi connectivity index (χ2n) is 9.72. The molecule has 1 saturated carbocycles. The molecule has 40 heavy (non-hydrogen) atoms. The molecule has 5 N–H and O–H groups in total. The fraction of sp³-hybridized carbons (Fsp3) is 0.458. The SMILES string of the molecule is COC(=O)C1(NP(OCC2CC(C)[C@H](n3ccc4c(NNS(C)=O)nc(N)nc43)O2)Oc2ccc(Cl)cc2)CC1. The third-order valence-electron chi connectivity index (χ3n) is 6.64. The largest absolute Gasteiger partial charge is 0.468 e. The van der Waals surface area contributed by atoms with E-state index in [1.54, 1.807) is 24.3 Å². The second-order valence-corrected chi connectivity index (χ2v) is 12.4. The zero-order chi connectivity index (χ0) is 28.4. The normalized spacial score (nSPS) is 23.1. The molecule has 0 amide bonds. The summed E-state index contributed by atoms with van der Waals surface area (Å²) in [5.74, 6) is 0.824. The Bertz CT molecular complexity index is 1390. The Hall–Kier alpha value is -2.58. The first-order valence-corrected chi connectivity index (χ1v) is 15.7. The van der Waals surface area contributed by atoms with E-state index in [1.165, 1.54) is 13.4 Å². The van der Waals surface area contributed by atoms with Gasteiger partial charge in [0.15, 0.2) is 5.82 Å². The molecule has 2 aliphatic rings. The van der Waals surface area contributed by atoms with Crippen LogP contribution in [0, 0.1) is 5.92 Å². The number of benzene rings is 1. The molecule has 4 unspecified atom stereocenters. The number of hydrogen-bond donors (Lipinski definition) is 4. The zero-order valence-electron chi connectivity index (χ0n) is 22.1. The van der Waals surface area contributed by atoms with Gasteiger partial charge in [0.05, 0.1) is 25.2 Å². The Kier molecular flexibility index (Phi) is 8.76. The summed E-state index contributed by atoms with van der Waals surface area (Å²) >= 11 is 6.01. The summed E-state index contributed by atoms with van der Waals surface area (Å²) in [7, 11) is -1.64.